The van der Waals surface area contributed by atoms with Crippen LogP contribution in [0.2, 0.25) is 0 Å². The second-order valence-corrected chi connectivity index (χ2v) is 8.00. The van der Waals surface area contributed by atoms with Crippen LogP contribution in [0.1, 0.15) is 58.9 Å². The summed E-state index contributed by atoms with van der Waals surface area (Å²) in [4.78, 5) is 47.7. The second kappa shape index (κ2) is 17.8. The van der Waals surface area contributed by atoms with Crippen molar-refractivity contribution in [3.05, 3.63) is 23.8 Å². The smallest absolute Gasteiger partial charge is 0.461 e. The average Bonchev–Trinajstić information content (AvgIpc) is 2.86. The highest BCUT2D eigenvalue weighted by atomic mass is 16.7. The molecular weight excluding hydrogens is 490 g/mol. The van der Waals surface area contributed by atoms with Gasteiger partial charge in [0.2, 0.25) is 0 Å². The van der Waals surface area contributed by atoms with Gasteiger partial charge in [0.25, 0.3) is 0 Å². The van der Waals surface area contributed by atoms with Crippen molar-refractivity contribution in [1.29, 1.82) is 0 Å². The van der Waals surface area contributed by atoms with Gasteiger partial charge in [-0.3, -0.25) is 4.79 Å². The SMILES string of the molecule is CCCCOC(=O)O[C@@H](C)COC(=O)[C@@H](N)Cc1ccc(OC(=O)OCCC)c(OC(=O)OCCC)c1. The van der Waals surface area contributed by atoms with Gasteiger partial charge in [0, 0.05) is 0 Å². The van der Waals surface area contributed by atoms with Gasteiger partial charge in [0.1, 0.15) is 18.8 Å². The van der Waals surface area contributed by atoms with E-state index in [0.717, 1.165) is 12.8 Å². The van der Waals surface area contributed by atoms with Gasteiger partial charge in [-0.25, -0.2) is 14.4 Å². The van der Waals surface area contributed by atoms with Gasteiger partial charge in [0.05, 0.1) is 19.8 Å². The molecule has 0 aliphatic rings. The number of benzene rings is 1. The van der Waals surface area contributed by atoms with Crippen LogP contribution in [0.4, 0.5) is 14.4 Å². The van der Waals surface area contributed by atoms with Crippen molar-refractivity contribution in [2.24, 2.45) is 5.73 Å². The van der Waals surface area contributed by atoms with Crippen LogP contribution in [0.3, 0.4) is 0 Å². The summed E-state index contributed by atoms with van der Waals surface area (Å²) in [7, 11) is 0. The molecule has 1 aromatic rings. The molecule has 12 nitrogen and oxygen atoms in total. The highest BCUT2D eigenvalue weighted by Crippen LogP contribution is 2.30. The van der Waals surface area contributed by atoms with Crippen LogP contribution in [-0.4, -0.2) is 63.0 Å². The number of ether oxygens (including phenoxy) is 7. The van der Waals surface area contributed by atoms with E-state index < -0.39 is 36.6 Å². The first-order valence-corrected chi connectivity index (χ1v) is 12.3. The Morgan fingerprint density at radius 2 is 1.38 bits per heavy atom. The Bertz CT molecular complexity index is 874. The molecule has 0 radical (unpaired) electrons. The summed E-state index contributed by atoms with van der Waals surface area (Å²) in [5, 5.41) is 0. The molecule has 1 aromatic carbocycles. The van der Waals surface area contributed by atoms with Crippen molar-refractivity contribution < 1.29 is 52.3 Å². The van der Waals surface area contributed by atoms with Gasteiger partial charge in [-0.2, -0.15) is 0 Å². The normalized spacial score (nSPS) is 12.0. The number of rotatable bonds is 15. The topological polar surface area (TPSA) is 159 Å². The molecule has 0 aliphatic heterocycles. The van der Waals surface area contributed by atoms with Crippen LogP contribution >= 0.6 is 0 Å². The molecule has 0 saturated heterocycles. The maximum absolute atomic E-state index is 12.3. The van der Waals surface area contributed by atoms with Gasteiger partial charge in [0.15, 0.2) is 11.5 Å². The highest BCUT2D eigenvalue weighted by Gasteiger charge is 2.21. The van der Waals surface area contributed by atoms with Crippen LogP contribution < -0.4 is 15.2 Å². The van der Waals surface area contributed by atoms with E-state index in [1.807, 2.05) is 20.8 Å². The third kappa shape index (κ3) is 13.4. The molecule has 0 bridgehead atoms. The summed E-state index contributed by atoms with van der Waals surface area (Å²) in [6.07, 6.45) is -0.745. The summed E-state index contributed by atoms with van der Waals surface area (Å²) >= 11 is 0. The number of unbranched alkanes of at least 4 members (excludes halogenated alkanes) is 1. The Balaban J connectivity index is 2.75. The maximum Gasteiger partial charge on any atom is 0.513 e. The highest BCUT2D eigenvalue weighted by molar-refractivity contribution is 5.76. The Kier molecular flexibility index (Phi) is 15.2. The summed E-state index contributed by atoms with van der Waals surface area (Å²) < 4.78 is 35.1. The van der Waals surface area contributed by atoms with E-state index in [9.17, 15) is 19.2 Å². The van der Waals surface area contributed by atoms with E-state index in [1.54, 1.807) is 6.92 Å². The molecular formula is C25H37NO11. The zero-order valence-corrected chi connectivity index (χ0v) is 21.8. The van der Waals surface area contributed by atoms with E-state index in [-0.39, 0.29) is 44.3 Å². The lowest BCUT2D eigenvalue weighted by atomic mass is 10.1. The molecule has 1 rings (SSSR count). The average molecular weight is 528 g/mol. The standard InChI is InChI=1S/C25H37NO11/c1-5-8-13-33-23(28)35-17(4)16-34-22(27)19(26)14-18-9-10-20(36-24(29)31-11-6-2)21(15-18)37-25(30)32-12-7-3/h9-10,15,17,19H,5-8,11-14,16,26H2,1-4H3/t17-,19-/m0/s1. The zero-order valence-electron chi connectivity index (χ0n) is 21.8. The van der Waals surface area contributed by atoms with Crippen molar-refractivity contribution in [1.82, 2.24) is 0 Å². The van der Waals surface area contributed by atoms with Crippen LogP contribution in [-0.2, 0) is 34.9 Å². The molecule has 0 heterocycles. The summed E-state index contributed by atoms with van der Waals surface area (Å²) in [6.45, 7) is 7.49. The van der Waals surface area contributed by atoms with Gasteiger partial charge in [-0.05, 0) is 50.3 Å². The Labute approximate surface area is 216 Å². The third-order valence-electron chi connectivity index (χ3n) is 4.48. The predicted octanol–water partition coefficient (Wildman–Crippen LogP) is 4.29. The first kappa shape index (κ1) is 31.5. The van der Waals surface area contributed by atoms with E-state index in [1.165, 1.54) is 18.2 Å². The van der Waals surface area contributed by atoms with Crippen LogP contribution in [0.15, 0.2) is 18.2 Å². The molecule has 37 heavy (non-hydrogen) atoms. The second-order valence-electron chi connectivity index (χ2n) is 8.00. The predicted molar refractivity (Wildman–Crippen MR) is 130 cm³/mol. The van der Waals surface area contributed by atoms with E-state index in [4.69, 9.17) is 38.9 Å². The number of carbonyl (C=O) groups is 4. The number of nitrogens with two attached hydrogens (primary N) is 1. The van der Waals surface area contributed by atoms with Crippen molar-refractivity contribution in [2.45, 2.75) is 71.9 Å². The minimum Gasteiger partial charge on any atom is -0.461 e. The summed E-state index contributed by atoms with van der Waals surface area (Å²) in [6, 6.07) is 3.23. The van der Waals surface area contributed by atoms with Gasteiger partial charge in [-0.15, -0.1) is 0 Å². The fraction of sp³-hybridized carbons (Fsp3) is 0.600. The molecule has 0 spiro atoms. The Morgan fingerprint density at radius 1 is 0.784 bits per heavy atom. The molecule has 2 N–H and O–H groups in total. The van der Waals surface area contributed by atoms with Crippen LogP contribution in [0.25, 0.3) is 0 Å². The number of esters is 1. The van der Waals surface area contributed by atoms with Crippen molar-refractivity contribution in [2.75, 3.05) is 26.4 Å². The molecule has 12 heteroatoms. The first-order chi connectivity index (χ1) is 17.7. The van der Waals surface area contributed by atoms with E-state index >= 15 is 0 Å². The fourth-order valence-electron chi connectivity index (χ4n) is 2.63. The van der Waals surface area contributed by atoms with E-state index in [0.29, 0.717) is 18.4 Å². The number of hydrogen-bond donors (Lipinski definition) is 1. The van der Waals surface area contributed by atoms with Crippen LogP contribution in [0, 0.1) is 0 Å². The fourth-order valence-corrected chi connectivity index (χ4v) is 2.63. The Hall–Kier alpha value is -3.54. The molecule has 0 unspecified atom stereocenters. The number of carbonyl (C=O) groups excluding carboxylic acids is 4. The zero-order chi connectivity index (χ0) is 27.6. The summed E-state index contributed by atoms with van der Waals surface area (Å²) in [5.41, 5.74) is 6.45. The molecule has 208 valence electrons. The first-order valence-electron chi connectivity index (χ1n) is 12.3. The molecule has 2 atom stereocenters. The minimum absolute atomic E-state index is 0.00800. The lowest BCUT2D eigenvalue weighted by Crippen LogP contribution is -2.36. The van der Waals surface area contributed by atoms with Gasteiger partial charge >= 0.3 is 24.4 Å². The van der Waals surface area contributed by atoms with E-state index in [2.05, 4.69) is 0 Å². The van der Waals surface area contributed by atoms with Gasteiger partial charge < -0.3 is 38.9 Å². The minimum atomic E-state index is -1.08. The molecule has 0 saturated carbocycles. The Morgan fingerprint density at radius 3 is 1.97 bits per heavy atom. The quantitative estimate of drug-likeness (QED) is 0.149. The maximum atomic E-state index is 12.3. The third-order valence-corrected chi connectivity index (χ3v) is 4.48. The summed E-state index contributed by atoms with van der Waals surface area (Å²) in [5.74, 6) is -0.925. The van der Waals surface area contributed by atoms with Crippen molar-refractivity contribution in [3.63, 3.8) is 0 Å². The number of hydrogen-bond acceptors (Lipinski definition) is 12. The monoisotopic (exact) mass is 527 g/mol. The van der Waals surface area contributed by atoms with Gasteiger partial charge in [-0.1, -0.05) is 33.3 Å². The largest absolute Gasteiger partial charge is 0.513 e. The lowest BCUT2D eigenvalue weighted by molar-refractivity contribution is -0.148. The van der Waals surface area contributed by atoms with Crippen molar-refractivity contribution in [3.8, 4) is 11.5 Å². The molecule has 0 fully saturated rings. The van der Waals surface area contributed by atoms with Crippen LogP contribution in [0.5, 0.6) is 11.5 Å². The molecule has 0 amide bonds. The molecule has 0 aromatic heterocycles. The lowest BCUT2D eigenvalue weighted by Gasteiger charge is -2.16. The molecule has 0 aliphatic carbocycles. The van der Waals surface area contributed by atoms with Crippen molar-refractivity contribution >= 4 is 24.4 Å².